The maximum absolute atomic E-state index is 6.50. The number of nitrogens with two attached hydrogens (primary N) is 2. The maximum atomic E-state index is 6.50. The number of nitrogens with zero attached hydrogens (tertiary/aromatic N) is 3. The predicted molar refractivity (Wildman–Crippen MR) is 112 cm³/mol. The Morgan fingerprint density at radius 3 is 2.90 bits per heavy atom. The molecule has 0 amide bonds. The number of ether oxygens (including phenoxy) is 1. The molecule has 4 rings (SSSR count). The summed E-state index contributed by atoms with van der Waals surface area (Å²) >= 11 is 0. The first-order valence-corrected chi connectivity index (χ1v) is 9.76. The van der Waals surface area contributed by atoms with E-state index in [1.54, 1.807) is 6.20 Å². The summed E-state index contributed by atoms with van der Waals surface area (Å²) in [4.78, 5) is 11.1. The molecular weight excluding hydrogens is 366 g/mol. The van der Waals surface area contributed by atoms with Gasteiger partial charge in [-0.25, -0.2) is 9.97 Å². The number of aromatic nitrogens is 2. The number of nitrogen functional groups attached to an aromatic ring is 1. The van der Waals surface area contributed by atoms with E-state index in [4.69, 9.17) is 20.3 Å². The number of rotatable bonds is 5. The minimum atomic E-state index is 0.0731. The summed E-state index contributed by atoms with van der Waals surface area (Å²) in [5, 5.41) is 6.50. The second-order valence-electron chi connectivity index (χ2n) is 7.51. The van der Waals surface area contributed by atoms with E-state index in [9.17, 15) is 0 Å². The molecule has 4 N–H and O–H groups in total. The van der Waals surface area contributed by atoms with Crippen molar-refractivity contribution in [2.45, 2.75) is 39.8 Å². The molecule has 2 aromatic heterocycles. The Kier molecular flexibility index (Phi) is 4.96. The number of anilines is 2. The molecule has 1 aliphatic rings. The number of hydrogen-bond donors (Lipinski definition) is 2. The molecule has 150 valence electrons. The van der Waals surface area contributed by atoms with Gasteiger partial charge in [-0.05, 0) is 44.2 Å². The van der Waals surface area contributed by atoms with Gasteiger partial charge in [0, 0.05) is 31.8 Å². The quantitative estimate of drug-likeness (QED) is 0.508. The van der Waals surface area contributed by atoms with Crippen LogP contribution in [0.2, 0.25) is 0 Å². The molecule has 0 spiro atoms. The van der Waals surface area contributed by atoms with E-state index in [-0.39, 0.29) is 6.10 Å². The van der Waals surface area contributed by atoms with Gasteiger partial charge >= 0.3 is 0 Å². The lowest BCUT2D eigenvalue weighted by Crippen LogP contribution is -2.41. The second kappa shape index (κ2) is 7.58. The lowest BCUT2D eigenvalue weighted by molar-refractivity contribution is -0.111. The monoisotopic (exact) mass is 392 g/mol. The molecule has 0 aliphatic carbocycles. The van der Waals surface area contributed by atoms with Crippen LogP contribution in [-0.4, -0.2) is 28.3 Å². The molecular formula is C22H26N5O2+. The van der Waals surface area contributed by atoms with E-state index in [2.05, 4.69) is 14.9 Å². The fourth-order valence-electron chi connectivity index (χ4n) is 3.55. The first-order valence-electron chi connectivity index (χ1n) is 9.76. The molecule has 0 bridgehead atoms. The van der Waals surface area contributed by atoms with Gasteiger partial charge < -0.3 is 19.8 Å². The highest BCUT2D eigenvalue weighted by Gasteiger charge is 2.23. The van der Waals surface area contributed by atoms with E-state index in [0.717, 1.165) is 47.1 Å². The van der Waals surface area contributed by atoms with E-state index < -0.39 is 0 Å². The molecule has 1 aliphatic heterocycles. The van der Waals surface area contributed by atoms with Crippen LogP contribution in [0.15, 0.2) is 40.9 Å². The van der Waals surface area contributed by atoms with Crippen LogP contribution < -0.4 is 20.8 Å². The van der Waals surface area contributed by atoms with Crippen molar-refractivity contribution >= 4 is 17.2 Å². The van der Waals surface area contributed by atoms with Crippen molar-refractivity contribution in [3.8, 4) is 5.75 Å². The van der Waals surface area contributed by atoms with Crippen LogP contribution in [0.5, 0.6) is 5.75 Å². The first kappa shape index (κ1) is 19.0. The molecule has 0 saturated heterocycles. The van der Waals surface area contributed by atoms with Crippen LogP contribution in [0.4, 0.5) is 11.5 Å². The molecule has 3 aromatic rings. The van der Waals surface area contributed by atoms with Gasteiger partial charge in [-0.15, -0.1) is 0 Å². The van der Waals surface area contributed by atoms with Gasteiger partial charge in [0.2, 0.25) is 5.71 Å². The summed E-state index contributed by atoms with van der Waals surface area (Å²) in [6.07, 6.45) is 2.67. The Morgan fingerprint density at radius 2 is 2.10 bits per heavy atom. The normalized spacial score (nSPS) is 13.4. The number of oxazole rings is 1. The Bertz CT molecular complexity index is 1060. The van der Waals surface area contributed by atoms with Crippen molar-refractivity contribution in [1.82, 2.24) is 9.97 Å². The third-order valence-corrected chi connectivity index (χ3v) is 4.91. The topological polar surface area (TPSA) is 103 Å². The zero-order valence-corrected chi connectivity index (χ0v) is 17.0. The van der Waals surface area contributed by atoms with Crippen LogP contribution >= 0.6 is 0 Å². The summed E-state index contributed by atoms with van der Waals surface area (Å²) in [5.41, 5.74) is 10.1. The predicted octanol–water partition coefficient (Wildman–Crippen LogP) is 1.91. The average molecular weight is 392 g/mol. The van der Waals surface area contributed by atoms with Crippen molar-refractivity contribution < 1.29 is 14.6 Å². The van der Waals surface area contributed by atoms with Crippen LogP contribution in [0.25, 0.3) is 0 Å². The van der Waals surface area contributed by atoms with Crippen molar-refractivity contribution in [2.24, 2.45) is 0 Å². The first-order chi connectivity index (χ1) is 13.9. The molecule has 7 heteroatoms. The lowest BCUT2D eigenvalue weighted by atomic mass is 10.0. The summed E-state index contributed by atoms with van der Waals surface area (Å²) in [7, 11) is 0. The smallest absolute Gasteiger partial charge is 0.213 e. The minimum absolute atomic E-state index is 0.0731. The molecule has 0 saturated carbocycles. The van der Waals surface area contributed by atoms with Crippen molar-refractivity contribution in [1.29, 1.82) is 0 Å². The summed E-state index contributed by atoms with van der Waals surface area (Å²) in [6.45, 7) is 7.32. The Labute approximate surface area is 170 Å². The zero-order valence-electron chi connectivity index (χ0n) is 17.0. The Morgan fingerprint density at radius 1 is 1.28 bits per heavy atom. The van der Waals surface area contributed by atoms with Gasteiger partial charge in [-0.2, -0.15) is 0 Å². The largest absolute Gasteiger partial charge is 0.491 e. The third-order valence-electron chi connectivity index (χ3n) is 4.91. The molecule has 0 atom stereocenters. The van der Waals surface area contributed by atoms with E-state index in [1.165, 1.54) is 0 Å². The van der Waals surface area contributed by atoms with Crippen molar-refractivity contribution in [3.05, 3.63) is 65.0 Å². The highest BCUT2D eigenvalue weighted by atomic mass is 16.5. The lowest BCUT2D eigenvalue weighted by Gasteiger charge is -2.26. The summed E-state index contributed by atoms with van der Waals surface area (Å²) in [5.74, 6) is 3.19. The number of benzene rings is 1. The Balaban J connectivity index is 1.60. The van der Waals surface area contributed by atoms with Crippen LogP contribution in [0.1, 0.15) is 42.3 Å². The van der Waals surface area contributed by atoms with Gasteiger partial charge in [0.25, 0.3) is 0 Å². The highest BCUT2D eigenvalue weighted by Crippen LogP contribution is 2.26. The summed E-state index contributed by atoms with van der Waals surface area (Å²) < 4.78 is 11.5. The molecule has 0 unspecified atom stereocenters. The molecule has 0 fully saturated rings. The Hall–Kier alpha value is -3.35. The van der Waals surface area contributed by atoms with Gasteiger partial charge in [0.1, 0.15) is 17.3 Å². The van der Waals surface area contributed by atoms with Crippen molar-refractivity contribution in [2.75, 3.05) is 17.2 Å². The molecule has 7 nitrogen and oxygen atoms in total. The van der Waals surface area contributed by atoms with Crippen LogP contribution in [0.3, 0.4) is 0 Å². The van der Waals surface area contributed by atoms with Gasteiger partial charge in [0.05, 0.1) is 29.5 Å². The van der Waals surface area contributed by atoms with Crippen LogP contribution in [0, 0.1) is 6.92 Å². The average Bonchev–Trinajstić information content (AvgIpc) is 3.08. The molecule has 1 aromatic carbocycles. The fourth-order valence-corrected chi connectivity index (χ4v) is 3.55. The van der Waals surface area contributed by atoms with Crippen molar-refractivity contribution in [3.63, 3.8) is 0 Å². The summed E-state index contributed by atoms with van der Waals surface area (Å²) in [6, 6.07) is 9.44. The third kappa shape index (κ3) is 3.94. The molecule has 0 radical (unpaired) electrons. The van der Waals surface area contributed by atoms with Crippen LogP contribution in [-0.2, 0) is 13.0 Å². The number of aryl methyl sites for hydroxylation is 1. The van der Waals surface area contributed by atoms with Gasteiger partial charge in [0.15, 0.2) is 5.89 Å². The van der Waals surface area contributed by atoms with E-state index >= 15 is 0 Å². The molecule has 3 heterocycles. The fraction of sp³-hybridized carbons (Fsp3) is 0.318. The number of pyridine rings is 1. The number of hydrogen-bond acceptors (Lipinski definition) is 6. The van der Waals surface area contributed by atoms with Gasteiger partial charge in [-0.3, -0.25) is 5.41 Å². The highest BCUT2D eigenvalue weighted by molar-refractivity contribution is 6.12. The zero-order chi connectivity index (χ0) is 20.5. The van der Waals surface area contributed by atoms with Gasteiger partial charge in [-0.1, -0.05) is 0 Å². The SMILES string of the molecule is Cc1nc2c(o1)CN(c1cc(C(=[NH2+])c3cc(OC(C)C)ccc3N)ccn1)CC2. The van der Waals surface area contributed by atoms with E-state index in [1.807, 2.05) is 51.1 Å². The second-order valence-corrected chi connectivity index (χ2v) is 7.51. The van der Waals surface area contributed by atoms with E-state index in [0.29, 0.717) is 23.8 Å². The standard InChI is InChI=1S/C22H25N5O2/c1-13(2)28-16-4-5-18(23)17(11-16)22(24)15-6-8-25-21(10-15)27-9-7-19-20(12-27)29-14(3)26-19/h4-6,8,10-11,13,24H,7,9,12,23H2,1-3H3/p+1. The number of fused-ring (bicyclic) bond motifs is 1. The minimum Gasteiger partial charge on any atom is -0.491 e. The molecule has 29 heavy (non-hydrogen) atoms. The maximum Gasteiger partial charge on any atom is 0.213 e.